The summed E-state index contributed by atoms with van der Waals surface area (Å²) in [4.78, 5) is 21.9. The molecule has 106 valence electrons. The van der Waals surface area contributed by atoms with Gasteiger partial charge in [-0.1, -0.05) is 0 Å². The topological polar surface area (TPSA) is 168 Å². The molecule has 0 atom stereocenters. The molecular weight excluding hydrogens is 286 g/mol. The number of aromatic amines is 1. The van der Waals surface area contributed by atoms with Gasteiger partial charge in [0.15, 0.2) is 5.75 Å². The Labute approximate surface area is 113 Å². The third-order valence-corrected chi connectivity index (χ3v) is 2.74. The number of hydrogen-bond donors (Lipinski definition) is 3. The predicted octanol–water partition coefficient (Wildman–Crippen LogP) is 0.292. The fraction of sp³-hybridized carbons (Fsp3) is 0. The molecule has 0 amide bonds. The summed E-state index contributed by atoms with van der Waals surface area (Å²) < 4.78 is 4.89. The van der Waals surface area contributed by atoms with Crippen molar-refractivity contribution in [3.63, 3.8) is 0 Å². The highest BCUT2D eigenvalue weighted by Crippen LogP contribution is 2.41. The van der Waals surface area contributed by atoms with Crippen LogP contribution in [0.1, 0.15) is 0 Å². The lowest BCUT2D eigenvalue weighted by atomic mass is 10.1. The zero-order valence-corrected chi connectivity index (χ0v) is 9.97. The molecule has 0 unspecified atom stereocenters. The number of tetrazole rings is 1. The van der Waals surface area contributed by atoms with Crippen molar-refractivity contribution in [3.05, 3.63) is 32.7 Å². The van der Waals surface area contributed by atoms with Crippen LogP contribution in [0.5, 0.6) is 11.5 Å². The molecule has 0 aliphatic carbocycles. The smallest absolute Gasteiger partial charge is 0.347 e. The van der Waals surface area contributed by atoms with E-state index in [1.807, 2.05) is 0 Å². The minimum Gasteiger partial charge on any atom is -0.504 e. The Kier molecular flexibility index (Phi) is 2.54. The first-order chi connectivity index (χ1) is 9.99. The van der Waals surface area contributed by atoms with Crippen molar-refractivity contribution in [2.75, 3.05) is 0 Å². The third kappa shape index (κ3) is 1.83. The number of aromatic nitrogens is 4. The number of rotatable bonds is 2. The standard InChI is InChI=1S/C10H5N5O6/c16-5-2-6-3(7(8(5)17)15(19)20)1-4(10(18)21-6)9-11-13-14-12-9/h1-2,16-17H,(H,11,12,13,14). The molecule has 3 rings (SSSR count). The normalized spacial score (nSPS) is 10.9. The van der Waals surface area contributed by atoms with Crippen molar-refractivity contribution >= 4 is 16.7 Å². The lowest BCUT2D eigenvalue weighted by Gasteiger charge is -2.04. The molecule has 0 bridgehead atoms. The first kappa shape index (κ1) is 12.5. The highest BCUT2D eigenvalue weighted by Gasteiger charge is 2.25. The predicted molar refractivity (Wildman–Crippen MR) is 65.6 cm³/mol. The maximum atomic E-state index is 11.8. The molecule has 2 heterocycles. The lowest BCUT2D eigenvalue weighted by Crippen LogP contribution is -2.05. The van der Waals surface area contributed by atoms with Gasteiger partial charge in [0.05, 0.1) is 4.92 Å². The minimum atomic E-state index is -0.930. The Morgan fingerprint density at radius 1 is 1.33 bits per heavy atom. The van der Waals surface area contributed by atoms with Gasteiger partial charge in [-0.2, -0.15) is 5.21 Å². The fourth-order valence-electron chi connectivity index (χ4n) is 1.83. The van der Waals surface area contributed by atoms with E-state index in [0.29, 0.717) is 0 Å². The molecule has 3 aromatic rings. The second-order valence-electron chi connectivity index (χ2n) is 3.94. The molecule has 11 nitrogen and oxygen atoms in total. The van der Waals surface area contributed by atoms with Crippen LogP contribution in [-0.2, 0) is 0 Å². The molecule has 0 aliphatic heterocycles. The average Bonchev–Trinajstić information content (AvgIpc) is 2.93. The van der Waals surface area contributed by atoms with Crippen molar-refractivity contribution in [2.45, 2.75) is 0 Å². The van der Waals surface area contributed by atoms with Gasteiger partial charge in [-0.3, -0.25) is 10.1 Å². The largest absolute Gasteiger partial charge is 0.504 e. The number of aromatic hydroxyl groups is 2. The molecule has 0 aliphatic rings. The van der Waals surface area contributed by atoms with E-state index in [1.165, 1.54) is 0 Å². The van der Waals surface area contributed by atoms with Crippen LogP contribution in [-0.4, -0.2) is 35.8 Å². The van der Waals surface area contributed by atoms with Gasteiger partial charge in [0.2, 0.25) is 11.6 Å². The zero-order valence-electron chi connectivity index (χ0n) is 9.97. The van der Waals surface area contributed by atoms with Crippen molar-refractivity contribution in [2.24, 2.45) is 0 Å². The van der Waals surface area contributed by atoms with E-state index >= 15 is 0 Å². The fourth-order valence-corrected chi connectivity index (χ4v) is 1.83. The summed E-state index contributed by atoms with van der Waals surface area (Å²) in [5.41, 5.74) is -2.10. The summed E-state index contributed by atoms with van der Waals surface area (Å²) in [6.45, 7) is 0. The first-order valence-electron chi connectivity index (χ1n) is 5.40. The summed E-state index contributed by atoms with van der Waals surface area (Å²) in [6, 6.07) is 1.99. The molecule has 3 N–H and O–H groups in total. The van der Waals surface area contributed by atoms with Gasteiger partial charge >= 0.3 is 11.3 Å². The Morgan fingerprint density at radius 3 is 2.71 bits per heavy atom. The molecule has 21 heavy (non-hydrogen) atoms. The number of nitrogens with zero attached hydrogens (tertiary/aromatic N) is 4. The summed E-state index contributed by atoms with van der Waals surface area (Å²) in [7, 11) is 0. The van der Waals surface area contributed by atoms with Crippen LogP contribution in [0.25, 0.3) is 22.4 Å². The minimum absolute atomic E-state index is 0.118. The molecule has 0 saturated heterocycles. The lowest BCUT2D eigenvalue weighted by molar-refractivity contribution is -0.384. The van der Waals surface area contributed by atoms with E-state index in [4.69, 9.17) is 4.42 Å². The van der Waals surface area contributed by atoms with Gasteiger partial charge < -0.3 is 14.6 Å². The van der Waals surface area contributed by atoms with Gasteiger partial charge in [-0.25, -0.2) is 4.79 Å². The van der Waals surface area contributed by atoms with Gasteiger partial charge in [0.1, 0.15) is 16.5 Å². The number of phenols is 2. The van der Waals surface area contributed by atoms with Crippen molar-refractivity contribution < 1.29 is 19.6 Å². The number of H-pyrrole nitrogens is 1. The van der Waals surface area contributed by atoms with Crippen molar-refractivity contribution in [3.8, 4) is 22.9 Å². The molecule has 11 heteroatoms. The van der Waals surface area contributed by atoms with E-state index < -0.39 is 27.7 Å². The maximum absolute atomic E-state index is 11.8. The van der Waals surface area contributed by atoms with Crippen LogP contribution in [0.4, 0.5) is 5.69 Å². The van der Waals surface area contributed by atoms with E-state index in [1.54, 1.807) is 0 Å². The number of nitro benzene ring substituents is 1. The number of benzene rings is 1. The van der Waals surface area contributed by atoms with Crippen LogP contribution >= 0.6 is 0 Å². The summed E-state index contributed by atoms with van der Waals surface area (Å²) in [6.07, 6.45) is 0. The number of hydrogen-bond acceptors (Lipinski definition) is 9. The highest BCUT2D eigenvalue weighted by molar-refractivity contribution is 5.93. The van der Waals surface area contributed by atoms with Crippen LogP contribution in [0.15, 0.2) is 21.3 Å². The molecule has 0 fully saturated rings. The van der Waals surface area contributed by atoms with Crippen LogP contribution in [0.2, 0.25) is 0 Å². The summed E-state index contributed by atoms with van der Waals surface area (Å²) in [5, 5.41) is 42.4. The van der Waals surface area contributed by atoms with Gasteiger partial charge in [0, 0.05) is 6.07 Å². The molecule has 0 saturated carbocycles. The van der Waals surface area contributed by atoms with Crippen LogP contribution in [0.3, 0.4) is 0 Å². The van der Waals surface area contributed by atoms with Crippen LogP contribution in [0, 0.1) is 10.1 Å². The van der Waals surface area contributed by atoms with Crippen molar-refractivity contribution in [1.29, 1.82) is 0 Å². The van der Waals surface area contributed by atoms with E-state index in [9.17, 15) is 25.1 Å². The molecule has 2 aromatic heterocycles. The Bertz CT molecular complexity index is 916. The number of nitrogens with one attached hydrogen (secondary N) is 1. The maximum Gasteiger partial charge on any atom is 0.347 e. The summed E-state index contributed by atoms with van der Waals surface area (Å²) in [5.74, 6) is -1.82. The Balaban J connectivity index is 2.44. The Morgan fingerprint density at radius 2 is 2.10 bits per heavy atom. The zero-order chi connectivity index (χ0) is 15.1. The number of nitro groups is 1. The first-order valence-corrected chi connectivity index (χ1v) is 5.40. The molecule has 0 radical (unpaired) electrons. The summed E-state index contributed by atoms with van der Waals surface area (Å²) >= 11 is 0. The highest BCUT2D eigenvalue weighted by atomic mass is 16.6. The quantitative estimate of drug-likeness (QED) is 0.260. The van der Waals surface area contributed by atoms with Gasteiger partial charge in [-0.05, 0) is 11.3 Å². The van der Waals surface area contributed by atoms with E-state index in [-0.39, 0.29) is 22.4 Å². The van der Waals surface area contributed by atoms with E-state index in [0.717, 1.165) is 12.1 Å². The monoisotopic (exact) mass is 291 g/mol. The van der Waals surface area contributed by atoms with Gasteiger partial charge in [-0.15, -0.1) is 10.2 Å². The van der Waals surface area contributed by atoms with Crippen LogP contribution < -0.4 is 5.63 Å². The van der Waals surface area contributed by atoms with Gasteiger partial charge in [0.25, 0.3) is 0 Å². The van der Waals surface area contributed by atoms with E-state index in [2.05, 4.69) is 20.6 Å². The molecule has 1 aromatic carbocycles. The molecular formula is C10H5N5O6. The second kappa shape index (κ2) is 4.26. The second-order valence-corrected chi connectivity index (χ2v) is 3.94. The molecule has 0 spiro atoms. The third-order valence-electron chi connectivity index (χ3n) is 2.74. The Hall–Kier alpha value is -3.50. The number of fused-ring (bicyclic) bond motifs is 1. The van der Waals surface area contributed by atoms with Crippen molar-refractivity contribution in [1.82, 2.24) is 20.6 Å². The average molecular weight is 291 g/mol. The SMILES string of the molecule is O=c1oc2cc(O)c(O)c([N+](=O)[O-])c2cc1-c1nn[nH]n1. The number of phenolic OH excluding ortho intramolecular Hbond substituents is 2.